The highest BCUT2D eigenvalue weighted by molar-refractivity contribution is 5.94. The number of β-amino-alcohol motifs (C(OH)–C–C–N with tert-alkyl or cyclic N) is 1. The molecule has 1 aromatic carbocycles. The van der Waals surface area contributed by atoms with Crippen LogP contribution in [0.4, 0.5) is 5.82 Å². The highest BCUT2D eigenvalue weighted by atomic mass is 16.3. The maximum absolute atomic E-state index is 12.7. The van der Waals surface area contributed by atoms with Crippen molar-refractivity contribution in [2.45, 2.75) is 51.8 Å². The monoisotopic (exact) mass is 479 g/mol. The molecule has 4 rings (SSSR count). The van der Waals surface area contributed by atoms with Crippen LogP contribution in [0, 0.1) is 5.92 Å². The van der Waals surface area contributed by atoms with Gasteiger partial charge in [0, 0.05) is 63.0 Å². The van der Waals surface area contributed by atoms with Gasteiger partial charge in [-0.3, -0.25) is 14.5 Å². The first-order valence-corrected chi connectivity index (χ1v) is 12.7. The summed E-state index contributed by atoms with van der Waals surface area (Å²) in [6.45, 7) is 7.78. The second kappa shape index (κ2) is 11.6. The van der Waals surface area contributed by atoms with Crippen molar-refractivity contribution in [3.63, 3.8) is 0 Å². The SMILES string of the molecule is CC(C)C(=O)N1CCC(Nc2cc(C(=O)NCC(O)CN3CCc4ccccc4C3)ccn2)CC1. The molecular weight excluding hydrogens is 442 g/mol. The molecule has 1 fully saturated rings. The zero-order valence-electron chi connectivity index (χ0n) is 20.7. The fraction of sp³-hybridized carbons (Fsp3) is 0.519. The van der Waals surface area contributed by atoms with Gasteiger partial charge < -0.3 is 20.6 Å². The van der Waals surface area contributed by atoms with Gasteiger partial charge in [0.1, 0.15) is 5.82 Å². The third kappa shape index (κ3) is 6.80. The third-order valence-corrected chi connectivity index (χ3v) is 6.85. The molecule has 0 radical (unpaired) electrons. The summed E-state index contributed by atoms with van der Waals surface area (Å²) in [7, 11) is 0. The second-order valence-corrected chi connectivity index (χ2v) is 9.95. The van der Waals surface area contributed by atoms with E-state index in [-0.39, 0.29) is 30.3 Å². The van der Waals surface area contributed by atoms with Gasteiger partial charge in [0.25, 0.3) is 5.91 Å². The van der Waals surface area contributed by atoms with E-state index in [9.17, 15) is 14.7 Å². The summed E-state index contributed by atoms with van der Waals surface area (Å²) in [5.74, 6) is 0.647. The number of pyridine rings is 1. The minimum Gasteiger partial charge on any atom is -0.390 e. The van der Waals surface area contributed by atoms with Crippen molar-refractivity contribution >= 4 is 17.6 Å². The van der Waals surface area contributed by atoms with E-state index in [0.717, 1.165) is 45.4 Å². The summed E-state index contributed by atoms with van der Waals surface area (Å²) < 4.78 is 0. The van der Waals surface area contributed by atoms with E-state index in [2.05, 4.69) is 38.7 Å². The van der Waals surface area contributed by atoms with Gasteiger partial charge in [-0.25, -0.2) is 4.98 Å². The lowest BCUT2D eigenvalue weighted by Gasteiger charge is -2.33. The molecule has 0 bridgehead atoms. The number of likely N-dealkylation sites (tertiary alicyclic amines) is 1. The first-order valence-electron chi connectivity index (χ1n) is 12.7. The molecule has 0 spiro atoms. The Morgan fingerprint density at radius 2 is 1.86 bits per heavy atom. The number of anilines is 1. The number of nitrogens with zero attached hydrogens (tertiary/aromatic N) is 3. The summed E-state index contributed by atoms with van der Waals surface area (Å²) in [6.07, 6.45) is 3.67. The average molecular weight is 480 g/mol. The molecule has 1 aromatic heterocycles. The molecule has 2 aliphatic heterocycles. The van der Waals surface area contributed by atoms with Crippen LogP contribution in [0.15, 0.2) is 42.6 Å². The van der Waals surface area contributed by atoms with Crippen LogP contribution in [0.25, 0.3) is 0 Å². The Bertz CT molecular complexity index is 1020. The molecule has 1 saturated heterocycles. The number of hydrogen-bond donors (Lipinski definition) is 3. The van der Waals surface area contributed by atoms with Crippen LogP contribution in [0.1, 0.15) is 48.2 Å². The average Bonchev–Trinajstić information content (AvgIpc) is 2.87. The van der Waals surface area contributed by atoms with E-state index in [1.807, 2.05) is 24.8 Å². The minimum absolute atomic E-state index is 0.0199. The van der Waals surface area contributed by atoms with Crippen molar-refractivity contribution in [2.75, 3.05) is 38.0 Å². The standard InChI is InChI=1S/C27H37N5O3/c1-19(2)27(35)32-13-9-23(10-14-32)30-25-15-21(7-11-28-25)26(34)29-16-24(33)18-31-12-8-20-5-3-4-6-22(20)17-31/h3-7,11,15,19,23-24,33H,8-10,12-14,16-18H2,1-2H3,(H,28,30)(H,29,34). The molecule has 1 unspecified atom stereocenters. The Balaban J connectivity index is 1.22. The molecular formula is C27H37N5O3. The molecule has 2 aromatic rings. The van der Waals surface area contributed by atoms with Gasteiger partial charge in [-0.1, -0.05) is 38.1 Å². The molecule has 0 aliphatic carbocycles. The van der Waals surface area contributed by atoms with E-state index in [0.29, 0.717) is 17.9 Å². The number of aliphatic hydroxyl groups excluding tert-OH is 1. The zero-order chi connectivity index (χ0) is 24.8. The molecule has 188 valence electrons. The molecule has 8 heteroatoms. The number of fused-ring (bicyclic) bond motifs is 1. The maximum Gasteiger partial charge on any atom is 0.251 e. The van der Waals surface area contributed by atoms with Crippen LogP contribution >= 0.6 is 0 Å². The van der Waals surface area contributed by atoms with Gasteiger partial charge >= 0.3 is 0 Å². The molecule has 0 saturated carbocycles. The first-order chi connectivity index (χ1) is 16.9. The van der Waals surface area contributed by atoms with Gasteiger partial charge in [0.2, 0.25) is 5.91 Å². The molecule has 35 heavy (non-hydrogen) atoms. The van der Waals surface area contributed by atoms with Gasteiger partial charge in [-0.2, -0.15) is 0 Å². The van der Waals surface area contributed by atoms with Crippen molar-refractivity contribution in [1.29, 1.82) is 0 Å². The Morgan fingerprint density at radius 1 is 1.11 bits per heavy atom. The maximum atomic E-state index is 12.7. The van der Waals surface area contributed by atoms with Crippen LogP contribution in [0.3, 0.4) is 0 Å². The fourth-order valence-electron chi connectivity index (χ4n) is 4.85. The lowest BCUT2D eigenvalue weighted by atomic mass is 10.00. The molecule has 2 aliphatic rings. The minimum atomic E-state index is -0.637. The Morgan fingerprint density at radius 3 is 2.60 bits per heavy atom. The van der Waals surface area contributed by atoms with Crippen molar-refractivity contribution < 1.29 is 14.7 Å². The van der Waals surface area contributed by atoms with Crippen molar-refractivity contribution in [1.82, 2.24) is 20.1 Å². The summed E-state index contributed by atoms with van der Waals surface area (Å²) in [6, 6.07) is 12.1. The Kier molecular flexibility index (Phi) is 8.36. The van der Waals surface area contributed by atoms with Gasteiger partial charge in [0.15, 0.2) is 0 Å². The lowest BCUT2D eigenvalue weighted by molar-refractivity contribution is -0.135. The van der Waals surface area contributed by atoms with E-state index in [4.69, 9.17) is 0 Å². The second-order valence-electron chi connectivity index (χ2n) is 9.95. The predicted octanol–water partition coefficient (Wildman–Crippen LogP) is 2.29. The highest BCUT2D eigenvalue weighted by Gasteiger charge is 2.24. The predicted molar refractivity (Wildman–Crippen MR) is 136 cm³/mol. The Hall–Kier alpha value is -2.97. The molecule has 3 heterocycles. The highest BCUT2D eigenvalue weighted by Crippen LogP contribution is 2.19. The molecule has 8 nitrogen and oxygen atoms in total. The van der Waals surface area contributed by atoms with E-state index < -0.39 is 6.10 Å². The summed E-state index contributed by atoms with van der Waals surface area (Å²) in [5.41, 5.74) is 3.20. The molecule has 3 N–H and O–H groups in total. The van der Waals surface area contributed by atoms with Crippen molar-refractivity contribution in [2.24, 2.45) is 5.92 Å². The number of rotatable bonds is 8. The van der Waals surface area contributed by atoms with Crippen LogP contribution in [0.2, 0.25) is 0 Å². The van der Waals surface area contributed by atoms with Crippen LogP contribution in [-0.4, -0.2) is 76.6 Å². The number of nitrogens with one attached hydrogen (secondary N) is 2. The van der Waals surface area contributed by atoms with Gasteiger partial charge in [-0.05, 0) is 42.5 Å². The fourth-order valence-corrected chi connectivity index (χ4v) is 4.85. The topological polar surface area (TPSA) is 97.8 Å². The lowest BCUT2D eigenvalue weighted by Crippen LogP contribution is -2.44. The van der Waals surface area contributed by atoms with Gasteiger partial charge in [0.05, 0.1) is 6.10 Å². The number of benzene rings is 1. The van der Waals surface area contributed by atoms with Crippen LogP contribution in [-0.2, 0) is 17.8 Å². The summed E-state index contributed by atoms with van der Waals surface area (Å²) >= 11 is 0. The number of carbonyl (C=O) groups is 2. The van der Waals surface area contributed by atoms with Gasteiger partial charge in [-0.15, -0.1) is 0 Å². The quantitative estimate of drug-likeness (QED) is 0.538. The number of hydrogen-bond acceptors (Lipinski definition) is 6. The van der Waals surface area contributed by atoms with E-state index in [1.165, 1.54) is 11.1 Å². The normalized spacial score (nSPS) is 17.7. The number of carbonyl (C=O) groups excluding carboxylic acids is 2. The van der Waals surface area contributed by atoms with Crippen LogP contribution in [0.5, 0.6) is 0 Å². The van der Waals surface area contributed by atoms with Crippen molar-refractivity contribution in [3.05, 3.63) is 59.3 Å². The summed E-state index contributed by atoms with van der Waals surface area (Å²) in [4.78, 5) is 33.4. The zero-order valence-corrected chi connectivity index (χ0v) is 20.7. The number of amides is 2. The van der Waals surface area contributed by atoms with E-state index in [1.54, 1.807) is 18.3 Å². The summed E-state index contributed by atoms with van der Waals surface area (Å²) in [5, 5.41) is 16.8. The number of piperidine rings is 1. The van der Waals surface area contributed by atoms with Crippen LogP contribution < -0.4 is 10.6 Å². The number of aliphatic hydroxyl groups is 1. The third-order valence-electron chi connectivity index (χ3n) is 6.85. The first kappa shape index (κ1) is 25.1. The number of aromatic nitrogens is 1. The molecule has 1 atom stereocenters. The Labute approximate surface area is 207 Å². The van der Waals surface area contributed by atoms with E-state index >= 15 is 0 Å². The largest absolute Gasteiger partial charge is 0.390 e. The smallest absolute Gasteiger partial charge is 0.251 e. The van der Waals surface area contributed by atoms with Crippen molar-refractivity contribution in [3.8, 4) is 0 Å². The molecule has 2 amide bonds.